The fourth-order valence-corrected chi connectivity index (χ4v) is 0.861. The van der Waals surface area contributed by atoms with E-state index in [9.17, 15) is 9.18 Å². The van der Waals surface area contributed by atoms with E-state index in [1.165, 1.54) is 0 Å². The lowest BCUT2D eigenvalue weighted by Crippen LogP contribution is -2.33. The highest BCUT2D eigenvalue weighted by Crippen LogP contribution is 2.06. The summed E-state index contributed by atoms with van der Waals surface area (Å²) in [4.78, 5) is 13.6. The maximum atomic E-state index is 12.9. The number of alkyl halides is 1. The van der Waals surface area contributed by atoms with E-state index < -0.39 is 17.9 Å². The minimum atomic E-state index is -1.24. The number of azide groups is 1. The van der Waals surface area contributed by atoms with Crippen molar-refractivity contribution in [1.29, 1.82) is 0 Å². The third-order valence-electron chi connectivity index (χ3n) is 1.47. The first-order valence-corrected chi connectivity index (χ1v) is 4.97. The van der Waals surface area contributed by atoms with Gasteiger partial charge in [-0.05, 0) is 32.7 Å². The number of alkyl carbamates (subject to hydrolysis) is 1. The Balaban J connectivity index is 3.65. The van der Waals surface area contributed by atoms with Crippen LogP contribution in [0, 0.1) is 0 Å². The molecular formula is C9H17FN4O2. The minimum absolute atomic E-state index is 0.0955. The number of ether oxygens (including phenoxy) is 1. The van der Waals surface area contributed by atoms with Gasteiger partial charge in [0.2, 0.25) is 0 Å². The molecule has 7 heteroatoms. The van der Waals surface area contributed by atoms with Gasteiger partial charge in [0.1, 0.15) is 11.8 Å². The lowest BCUT2D eigenvalue weighted by atomic mass is 10.2. The number of halogens is 1. The molecule has 1 unspecified atom stereocenters. The summed E-state index contributed by atoms with van der Waals surface area (Å²) in [6, 6.07) is 0. The first-order chi connectivity index (χ1) is 7.35. The highest BCUT2D eigenvalue weighted by atomic mass is 19.1. The Kier molecular flexibility index (Phi) is 6.25. The second kappa shape index (κ2) is 6.90. The predicted molar refractivity (Wildman–Crippen MR) is 57.8 cm³/mol. The van der Waals surface area contributed by atoms with Gasteiger partial charge in [0, 0.05) is 11.5 Å². The van der Waals surface area contributed by atoms with Crippen molar-refractivity contribution in [3.8, 4) is 0 Å². The quantitative estimate of drug-likeness (QED) is 0.448. The fourth-order valence-electron chi connectivity index (χ4n) is 0.861. The number of hydrogen-bond donors (Lipinski definition) is 1. The minimum Gasteiger partial charge on any atom is -0.444 e. The Morgan fingerprint density at radius 3 is 2.75 bits per heavy atom. The van der Waals surface area contributed by atoms with E-state index in [0.29, 0.717) is 0 Å². The van der Waals surface area contributed by atoms with E-state index in [0.717, 1.165) is 0 Å². The summed E-state index contributed by atoms with van der Waals surface area (Å²) in [6.07, 6.45) is -1.73. The van der Waals surface area contributed by atoms with Crippen LogP contribution in [-0.2, 0) is 4.74 Å². The van der Waals surface area contributed by atoms with Gasteiger partial charge in [-0.15, -0.1) is 0 Å². The Morgan fingerprint density at radius 2 is 2.25 bits per heavy atom. The van der Waals surface area contributed by atoms with Gasteiger partial charge in [0.25, 0.3) is 0 Å². The zero-order valence-corrected chi connectivity index (χ0v) is 9.73. The maximum absolute atomic E-state index is 12.9. The Morgan fingerprint density at radius 1 is 1.62 bits per heavy atom. The largest absolute Gasteiger partial charge is 0.444 e. The van der Waals surface area contributed by atoms with Crippen LogP contribution >= 0.6 is 0 Å². The van der Waals surface area contributed by atoms with Crippen LogP contribution in [0.5, 0.6) is 0 Å². The van der Waals surface area contributed by atoms with E-state index in [1.54, 1.807) is 20.8 Å². The van der Waals surface area contributed by atoms with Crippen LogP contribution in [0.3, 0.4) is 0 Å². The third kappa shape index (κ3) is 9.08. The average molecular weight is 232 g/mol. The number of amides is 1. The van der Waals surface area contributed by atoms with Gasteiger partial charge in [0.05, 0.1) is 6.54 Å². The van der Waals surface area contributed by atoms with Crippen LogP contribution < -0.4 is 5.32 Å². The normalized spacial score (nSPS) is 12.5. The van der Waals surface area contributed by atoms with Gasteiger partial charge < -0.3 is 10.1 Å². The molecule has 0 heterocycles. The number of carbonyl (C=O) groups excluding carboxylic acids is 1. The van der Waals surface area contributed by atoms with Crippen LogP contribution in [0.2, 0.25) is 0 Å². The summed E-state index contributed by atoms with van der Waals surface area (Å²) < 4.78 is 17.9. The Bertz CT molecular complexity index is 271. The molecule has 6 nitrogen and oxygen atoms in total. The molecule has 16 heavy (non-hydrogen) atoms. The molecule has 0 aromatic heterocycles. The molecule has 0 aromatic rings. The first kappa shape index (κ1) is 14.5. The van der Waals surface area contributed by atoms with Crippen molar-refractivity contribution < 1.29 is 13.9 Å². The summed E-state index contributed by atoms with van der Waals surface area (Å²) in [6.45, 7) is 5.16. The smallest absolute Gasteiger partial charge is 0.407 e. The Labute approximate surface area is 93.8 Å². The molecule has 0 rings (SSSR count). The topological polar surface area (TPSA) is 87.1 Å². The molecule has 0 spiro atoms. The molecule has 0 saturated carbocycles. The maximum Gasteiger partial charge on any atom is 0.407 e. The van der Waals surface area contributed by atoms with Crippen molar-refractivity contribution in [3.05, 3.63) is 10.4 Å². The van der Waals surface area contributed by atoms with E-state index in [4.69, 9.17) is 10.3 Å². The molecule has 1 amide bonds. The number of hydrogen-bond acceptors (Lipinski definition) is 3. The standard InChI is InChI=1S/C9H17FN4O2/c1-9(2,3)16-8(15)12-5-4-7(10)6-13-14-11/h7H,4-6H2,1-3H3,(H,12,15). The SMILES string of the molecule is CC(C)(C)OC(=O)NCCC(F)CN=[N+]=[N-]. The molecule has 0 aliphatic rings. The van der Waals surface area contributed by atoms with Gasteiger partial charge in [-0.3, -0.25) is 0 Å². The molecule has 0 bridgehead atoms. The van der Waals surface area contributed by atoms with E-state index >= 15 is 0 Å². The molecular weight excluding hydrogens is 215 g/mol. The summed E-state index contributed by atoms with van der Waals surface area (Å²) in [5.74, 6) is 0. The molecule has 0 fully saturated rings. The monoisotopic (exact) mass is 232 g/mol. The summed E-state index contributed by atoms with van der Waals surface area (Å²) >= 11 is 0. The third-order valence-corrected chi connectivity index (χ3v) is 1.47. The zero-order valence-electron chi connectivity index (χ0n) is 9.73. The van der Waals surface area contributed by atoms with Crippen LogP contribution in [0.4, 0.5) is 9.18 Å². The van der Waals surface area contributed by atoms with Crippen molar-refractivity contribution >= 4 is 6.09 Å². The van der Waals surface area contributed by atoms with Crippen LogP contribution in [0.25, 0.3) is 10.4 Å². The second-order valence-electron chi connectivity index (χ2n) is 4.23. The van der Waals surface area contributed by atoms with Crippen molar-refractivity contribution in [2.75, 3.05) is 13.1 Å². The molecule has 92 valence electrons. The number of carbonyl (C=O) groups is 1. The van der Waals surface area contributed by atoms with Gasteiger partial charge in [-0.25, -0.2) is 9.18 Å². The summed E-state index contributed by atoms with van der Waals surface area (Å²) in [7, 11) is 0. The highest BCUT2D eigenvalue weighted by Gasteiger charge is 2.15. The molecule has 0 aliphatic heterocycles. The zero-order chi connectivity index (χ0) is 12.6. The first-order valence-electron chi connectivity index (χ1n) is 4.97. The lowest BCUT2D eigenvalue weighted by Gasteiger charge is -2.19. The highest BCUT2D eigenvalue weighted by molar-refractivity contribution is 5.67. The predicted octanol–water partition coefficient (Wildman–Crippen LogP) is 2.55. The summed E-state index contributed by atoms with van der Waals surface area (Å²) in [5, 5.41) is 5.50. The van der Waals surface area contributed by atoms with Gasteiger partial charge in [-0.1, -0.05) is 5.11 Å². The second-order valence-corrected chi connectivity index (χ2v) is 4.23. The Hall–Kier alpha value is -1.49. The van der Waals surface area contributed by atoms with Gasteiger partial charge in [-0.2, -0.15) is 0 Å². The molecule has 0 radical (unpaired) electrons. The van der Waals surface area contributed by atoms with Crippen molar-refractivity contribution in [2.24, 2.45) is 5.11 Å². The molecule has 0 saturated heterocycles. The van der Waals surface area contributed by atoms with Crippen molar-refractivity contribution in [1.82, 2.24) is 5.32 Å². The molecule has 1 atom stereocenters. The van der Waals surface area contributed by atoms with Gasteiger partial charge >= 0.3 is 6.09 Å². The van der Waals surface area contributed by atoms with Gasteiger partial charge in [0.15, 0.2) is 0 Å². The van der Waals surface area contributed by atoms with E-state index in [-0.39, 0.29) is 19.5 Å². The fraction of sp³-hybridized carbons (Fsp3) is 0.889. The van der Waals surface area contributed by atoms with Crippen LogP contribution in [-0.4, -0.2) is 31.0 Å². The number of nitrogens with zero attached hydrogens (tertiary/aromatic N) is 3. The van der Waals surface area contributed by atoms with E-state index in [1.807, 2.05) is 0 Å². The van der Waals surface area contributed by atoms with Crippen molar-refractivity contribution in [3.63, 3.8) is 0 Å². The average Bonchev–Trinajstić information content (AvgIpc) is 2.11. The summed E-state index contributed by atoms with van der Waals surface area (Å²) in [5.41, 5.74) is 7.39. The molecule has 0 aromatic carbocycles. The van der Waals surface area contributed by atoms with Crippen LogP contribution in [0.1, 0.15) is 27.2 Å². The van der Waals surface area contributed by atoms with E-state index in [2.05, 4.69) is 15.3 Å². The number of rotatable bonds is 5. The van der Waals surface area contributed by atoms with Crippen LogP contribution in [0.15, 0.2) is 5.11 Å². The lowest BCUT2D eigenvalue weighted by molar-refractivity contribution is 0.0524. The number of nitrogens with one attached hydrogen (secondary N) is 1. The molecule has 0 aliphatic carbocycles. The molecule has 1 N–H and O–H groups in total. The van der Waals surface area contributed by atoms with Crippen molar-refractivity contribution in [2.45, 2.75) is 39.0 Å².